The molecule has 0 amide bonds. The van der Waals surface area contributed by atoms with Crippen LogP contribution in [0.2, 0.25) is 0 Å². The highest BCUT2D eigenvalue weighted by Crippen LogP contribution is 2.19. The molecule has 0 aromatic carbocycles. The van der Waals surface area contributed by atoms with Gasteiger partial charge in [-0.2, -0.15) is 0 Å². The van der Waals surface area contributed by atoms with Crippen molar-refractivity contribution < 1.29 is 0 Å². The normalized spacial score (nSPS) is 12.5. The van der Waals surface area contributed by atoms with Crippen molar-refractivity contribution in [2.75, 3.05) is 17.2 Å². The fraction of sp³-hybridized carbons (Fsp3) is 0.583. The van der Waals surface area contributed by atoms with Crippen molar-refractivity contribution >= 4 is 11.5 Å². The average Bonchev–Trinajstić information content (AvgIpc) is 2.24. The minimum atomic E-state index is 0.519. The Kier molecular flexibility index (Phi) is 3.95. The van der Waals surface area contributed by atoms with Crippen LogP contribution in [0.1, 0.15) is 32.8 Å². The van der Waals surface area contributed by atoms with Crippen LogP contribution in [0.3, 0.4) is 0 Å². The van der Waals surface area contributed by atoms with Crippen LogP contribution in [0.4, 0.5) is 11.5 Å². The number of hydrogen-bond acceptors (Lipinski definition) is 3. The third-order valence-electron chi connectivity index (χ3n) is 2.89. The fourth-order valence-corrected chi connectivity index (χ4v) is 1.63. The lowest BCUT2D eigenvalue weighted by molar-refractivity contribution is 0.623. The van der Waals surface area contributed by atoms with E-state index in [1.165, 1.54) is 0 Å². The Morgan fingerprint density at radius 1 is 1.47 bits per heavy atom. The molecular weight excluding hydrogens is 186 g/mol. The molecule has 1 heterocycles. The first-order valence-corrected chi connectivity index (χ1v) is 5.58. The first-order valence-electron chi connectivity index (χ1n) is 5.58. The summed E-state index contributed by atoms with van der Waals surface area (Å²) in [5.74, 6) is 1.03. The molecule has 1 atom stereocenters. The van der Waals surface area contributed by atoms with Crippen molar-refractivity contribution in [3.05, 3.63) is 17.8 Å². The number of aryl methyl sites for hydroxylation is 1. The minimum Gasteiger partial charge on any atom is -0.397 e. The summed E-state index contributed by atoms with van der Waals surface area (Å²) in [6.07, 6.45) is 2.87. The molecule has 2 N–H and O–H groups in total. The summed E-state index contributed by atoms with van der Waals surface area (Å²) in [4.78, 5) is 6.68. The monoisotopic (exact) mass is 207 g/mol. The van der Waals surface area contributed by atoms with E-state index in [0.717, 1.165) is 30.0 Å². The Hall–Kier alpha value is -1.25. The van der Waals surface area contributed by atoms with Crippen LogP contribution >= 0.6 is 0 Å². The van der Waals surface area contributed by atoms with Crippen LogP contribution in [0.15, 0.2) is 12.3 Å². The van der Waals surface area contributed by atoms with Gasteiger partial charge < -0.3 is 10.6 Å². The molecule has 0 saturated heterocycles. The second-order valence-corrected chi connectivity index (χ2v) is 3.94. The third-order valence-corrected chi connectivity index (χ3v) is 2.89. The molecule has 1 aromatic heterocycles. The Balaban J connectivity index is 2.97. The van der Waals surface area contributed by atoms with Crippen LogP contribution in [0.5, 0.6) is 0 Å². The van der Waals surface area contributed by atoms with E-state index in [9.17, 15) is 0 Å². The maximum Gasteiger partial charge on any atom is 0.129 e. The van der Waals surface area contributed by atoms with Crippen LogP contribution in [0, 0.1) is 6.92 Å². The van der Waals surface area contributed by atoms with Gasteiger partial charge in [0.05, 0.1) is 11.9 Å². The Bertz CT molecular complexity index is 323. The fourth-order valence-electron chi connectivity index (χ4n) is 1.63. The van der Waals surface area contributed by atoms with E-state index >= 15 is 0 Å². The van der Waals surface area contributed by atoms with E-state index in [0.29, 0.717) is 6.04 Å². The van der Waals surface area contributed by atoms with Gasteiger partial charge in [0.25, 0.3) is 0 Å². The molecule has 0 saturated carbocycles. The van der Waals surface area contributed by atoms with E-state index in [4.69, 9.17) is 5.73 Å². The quantitative estimate of drug-likeness (QED) is 0.825. The van der Waals surface area contributed by atoms with Gasteiger partial charge in [-0.25, -0.2) is 4.98 Å². The van der Waals surface area contributed by atoms with E-state index in [-0.39, 0.29) is 0 Å². The second-order valence-electron chi connectivity index (χ2n) is 3.94. The van der Waals surface area contributed by atoms with Gasteiger partial charge in [-0.1, -0.05) is 6.92 Å². The van der Waals surface area contributed by atoms with Crippen LogP contribution in [-0.4, -0.2) is 17.6 Å². The minimum absolute atomic E-state index is 0.519. The lowest BCUT2D eigenvalue weighted by Crippen LogP contribution is -2.33. The maximum atomic E-state index is 5.76. The maximum absolute atomic E-state index is 5.76. The molecule has 0 aliphatic heterocycles. The molecule has 0 bridgehead atoms. The number of rotatable bonds is 4. The van der Waals surface area contributed by atoms with Crippen molar-refractivity contribution in [2.45, 2.75) is 40.2 Å². The zero-order chi connectivity index (χ0) is 11.4. The summed E-state index contributed by atoms with van der Waals surface area (Å²) < 4.78 is 0. The first kappa shape index (κ1) is 11.8. The summed E-state index contributed by atoms with van der Waals surface area (Å²) in [5.41, 5.74) is 7.62. The van der Waals surface area contributed by atoms with Gasteiger partial charge in [0.2, 0.25) is 0 Å². The summed E-state index contributed by atoms with van der Waals surface area (Å²) in [7, 11) is 0. The molecule has 0 spiro atoms. The Labute approximate surface area is 92.3 Å². The van der Waals surface area contributed by atoms with Crippen LogP contribution in [-0.2, 0) is 0 Å². The molecule has 3 nitrogen and oxygen atoms in total. The van der Waals surface area contributed by atoms with Gasteiger partial charge >= 0.3 is 0 Å². The van der Waals surface area contributed by atoms with Crippen molar-refractivity contribution in [1.82, 2.24) is 4.98 Å². The highest BCUT2D eigenvalue weighted by Gasteiger charge is 2.12. The zero-order valence-electron chi connectivity index (χ0n) is 10.1. The second kappa shape index (κ2) is 5.01. The number of nitrogens with zero attached hydrogens (tertiary/aromatic N) is 2. The predicted molar refractivity (Wildman–Crippen MR) is 66.2 cm³/mol. The largest absolute Gasteiger partial charge is 0.397 e. The molecule has 0 radical (unpaired) electrons. The Morgan fingerprint density at radius 2 is 2.13 bits per heavy atom. The molecule has 15 heavy (non-hydrogen) atoms. The molecule has 1 aromatic rings. The van der Waals surface area contributed by atoms with Gasteiger partial charge in [-0.3, -0.25) is 0 Å². The highest BCUT2D eigenvalue weighted by molar-refractivity contribution is 5.52. The van der Waals surface area contributed by atoms with Gasteiger partial charge in [-0.05, 0) is 38.8 Å². The molecule has 0 aliphatic carbocycles. The van der Waals surface area contributed by atoms with Gasteiger partial charge in [0.15, 0.2) is 0 Å². The van der Waals surface area contributed by atoms with Crippen molar-refractivity contribution in [2.24, 2.45) is 0 Å². The molecular formula is C12H21N3. The topological polar surface area (TPSA) is 42.1 Å². The average molecular weight is 207 g/mol. The van der Waals surface area contributed by atoms with E-state index in [1.807, 2.05) is 6.92 Å². The zero-order valence-corrected chi connectivity index (χ0v) is 10.1. The van der Waals surface area contributed by atoms with Crippen molar-refractivity contribution in [1.29, 1.82) is 0 Å². The van der Waals surface area contributed by atoms with E-state index in [2.05, 4.69) is 36.7 Å². The molecule has 84 valence electrons. The SMILES string of the molecule is CCC(C)N(CC)c1cc(C)c(N)cn1. The standard InChI is InChI=1S/C12H21N3/c1-5-10(4)15(6-2)12-7-9(3)11(13)8-14-12/h7-8,10H,5-6,13H2,1-4H3. The molecule has 1 unspecified atom stereocenters. The van der Waals surface area contributed by atoms with Crippen LogP contribution < -0.4 is 10.6 Å². The summed E-state index contributed by atoms with van der Waals surface area (Å²) in [6.45, 7) is 9.56. The number of anilines is 2. The summed E-state index contributed by atoms with van der Waals surface area (Å²) in [5, 5.41) is 0. The summed E-state index contributed by atoms with van der Waals surface area (Å²) >= 11 is 0. The molecule has 0 aliphatic rings. The smallest absolute Gasteiger partial charge is 0.129 e. The number of nitrogen functional groups attached to an aromatic ring is 1. The van der Waals surface area contributed by atoms with E-state index < -0.39 is 0 Å². The summed E-state index contributed by atoms with van der Waals surface area (Å²) in [6, 6.07) is 2.58. The van der Waals surface area contributed by atoms with E-state index in [1.54, 1.807) is 6.20 Å². The molecule has 0 fully saturated rings. The lowest BCUT2D eigenvalue weighted by Gasteiger charge is -2.28. The predicted octanol–water partition coefficient (Wildman–Crippen LogP) is 2.60. The van der Waals surface area contributed by atoms with Crippen LogP contribution in [0.25, 0.3) is 0 Å². The van der Waals surface area contributed by atoms with Crippen molar-refractivity contribution in [3.63, 3.8) is 0 Å². The molecule has 1 rings (SSSR count). The molecule has 3 heteroatoms. The number of nitrogens with two attached hydrogens (primary N) is 1. The highest BCUT2D eigenvalue weighted by atomic mass is 15.2. The number of pyridine rings is 1. The number of hydrogen-bond donors (Lipinski definition) is 1. The Morgan fingerprint density at radius 3 is 2.60 bits per heavy atom. The van der Waals surface area contributed by atoms with Gasteiger partial charge in [-0.15, -0.1) is 0 Å². The lowest BCUT2D eigenvalue weighted by atomic mass is 10.2. The number of aromatic nitrogens is 1. The first-order chi connectivity index (χ1) is 7.10. The third kappa shape index (κ3) is 2.61. The van der Waals surface area contributed by atoms with Gasteiger partial charge in [0.1, 0.15) is 5.82 Å². The van der Waals surface area contributed by atoms with Gasteiger partial charge in [0, 0.05) is 12.6 Å². The van der Waals surface area contributed by atoms with Crippen molar-refractivity contribution in [3.8, 4) is 0 Å².